The van der Waals surface area contributed by atoms with Crippen LogP contribution in [-0.2, 0) is 16.1 Å². The van der Waals surface area contributed by atoms with Crippen molar-refractivity contribution in [3.05, 3.63) is 30.5 Å². The van der Waals surface area contributed by atoms with E-state index in [2.05, 4.69) is 10.3 Å². The summed E-state index contributed by atoms with van der Waals surface area (Å²) in [6.07, 6.45) is 1.90. The van der Waals surface area contributed by atoms with Gasteiger partial charge in [0, 0.05) is 24.9 Å². The number of unbranched alkanes of at least 4 members (excludes halogenated alkanes) is 3. The number of aromatic nitrogens is 3. The second-order valence-electron chi connectivity index (χ2n) is 7.81. The predicted octanol–water partition coefficient (Wildman–Crippen LogP) is 0.609. The number of benzene rings is 1. The molecule has 0 radical (unpaired) electrons. The molecule has 3 rings (SSSR count). The second-order valence-corrected chi connectivity index (χ2v) is 7.81. The van der Waals surface area contributed by atoms with E-state index in [1.165, 1.54) is 0 Å². The number of aryl methyl sites for hydroxylation is 1. The minimum atomic E-state index is -1.20. The third-order valence-electron chi connectivity index (χ3n) is 5.31. The molecule has 2 aromatic rings. The van der Waals surface area contributed by atoms with E-state index in [-0.39, 0.29) is 18.9 Å². The molecule has 11 heteroatoms. The third-order valence-corrected chi connectivity index (χ3v) is 5.31. The SMILES string of the molecule is O=C(CCCCCCn1cc(-c2ccc(O[C@H]3O[C@H](CO)C[C@H](O)[C@@H]3O)cc2)nn1)NO. The summed E-state index contributed by atoms with van der Waals surface area (Å²) in [5.74, 6) is 0.0857. The maximum absolute atomic E-state index is 10.9. The molecule has 1 amide bonds. The molecule has 0 saturated carbocycles. The van der Waals surface area contributed by atoms with Crippen LogP contribution in [0.4, 0.5) is 0 Å². The average molecular weight is 450 g/mol. The van der Waals surface area contributed by atoms with E-state index in [1.54, 1.807) is 22.3 Å². The summed E-state index contributed by atoms with van der Waals surface area (Å²) in [4.78, 5) is 10.9. The fourth-order valence-electron chi connectivity index (χ4n) is 3.48. The lowest BCUT2D eigenvalue weighted by Gasteiger charge is -2.36. The van der Waals surface area contributed by atoms with Crippen molar-refractivity contribution >= 4 is 5.91 Å². The van der Waals surface area contributed by atoms with Crippen molar-refractivity contribution in [3.63, 3.8) is 0 Å². The Balaban J connectivity index is 1.47. The van der Waals surface area contributed by atoms with Gasteiger partial charge in [-0.3, -0.25) is 14.7 Å². The van der Waals surface area contributed by atoms with Gasteiger partial charge in [-0.15, -0.1) is 5.10 Å². The number of ether oxygens (including phenoxy) is 2. The zero-order valence-corrected chi connectivity index (χ0v) is 17.7. The van der Waals surface area contributed by atoms with Crippen molar-refractivity contribution in [2.75, 3.05) is 6.61 Å². The summed E-state index contributed by atoms with van der Waals surface area (Å²) < 4.78 is 12.9. The summed E-state index contributed by atoms with van der Waals surface area (Å²) in [7, 11) is 0. The van der Waals surface area contributed by atoms with Gasteiger partial charge in [-0.25, -0.2) is 5.48 Å². The normalized spacial score (nSPS) is 23.1. The van der Waals surface area contributed by atoms with E-state index in [0.717, 1.165) is 31.2 Å². The first-order chi connectivity index (χ1) is 15.5. The quantitative estimate of drug-likeness (QED) is 0.188. The highest BCUT2D eigenvalue weighted by Crippen LogP contribution is 2.26. The highest BCUT2D eigenvalue weighted by Gasteiger charge is 2.38. The summed E-state index contributed by atoms with van der Waals surface area (Å²) in [6.45, 7) is 0.449. The smallest absolute Gasteiger partial charge is 0.243 e. The van der Waals surface area contributed by atoms with Crippen LogP contribution < -0.4 is 10.2 Å². The zero-order chi connectivity index (χ0) is 22.9. The lowest BCUT2D eigenvalue weighted by atomic mass is 10.0. The van der Waals surface area contributed by atoms with Gasteiger partial charge in [-0.1, -0.05) is 18.1 Å². The van der Waals surface area contributed by atoms with Crippen LogP contribution in [0.3, 0.4) is 0 Å². The number of rotatable bonds is 11. The molecule has 1 aromatic heterocycles. The van der Waals surface area contributed by atoms with Gasteiger partial charge >= 0.3 is 0 Å². The van der Waals surface area contributed by atoms with E-state index in [4.69, 9.17) is 14.7 Å². The van der Waals surface area contributed by atoms with E-state index in [9.17, 15) is 20.1 Å². The highest BCUT2D eigenvalue weighted by molar-refractivity contribution is 5.74. The molecule has 0 spiro atoms. The van der Waals surface area contributed by atoms with Gasteiger partial charge in [0.05, 0.1) is 25.0 Å². The Hall–Kier alpha value is -2.57. The minimum Gasteiger partial charge on any atom is -0.462 e. The van der Waals surface area contributed by atoms with Crippen LogP contribution in [0.2, 0.25) is 0 Å². The largest absolute Gasteiger partial charge is 0.462 e. The number of nitrogens with one attached hydrogen (secondary N) is 1. The molecule has 4 atom stereocenters. The number of hydroxylamine groups is 1. The van der Waals surface area contributed by atoms with Crippen LogP contribution in [0.5, 0.6) is 5.75 Å². The third kappa shape index (κ3) is 6.71. The Bertz CT molecular complexity index is 845. The molecule has 0 unspecified atom stereocenters. The zero-order valence-electron chi connectivity index (χ0n) is 17.7. The first kappa shape index (κ1) is 24.1. The van der Waals surface area contributed by atoms with Crippen LogP contribution in [0.25, 0.3) is 11.3 Å². The standard InChI is InChI=1S/C21H30N4O7/c26-13-16-11-18(27)20(29)21(32-16)31-15-8-6-14(7-9-15)17-12-25(24-22-17)10-4-2-1-3-5-19(28)23-30/h6-9,12,16,18,20-21,26-27,29-30H,1-5,10-11,13H2,(H,23,28)/t16-,18-,20-,21-/m0/s1. The van der Waals surface area contributed by atoms with Crippen molar-refractivity contribution in [1.82, 2.24) is 20.5 Å². The van der Waals surface area contributed by atoms with E-state index >= 15 is 0 Å². The number of carbonyl (C=O) groups excluding carboxylic acids is 1. The lowest BCUT2D eigenvalue weighted by molar-refractivity contribution is -0.240. The highest BCUT2D eigenvalue weighted by atomic mass is 16.7. The fourth-order valence-corrected chi connectivity index (χ4v) is 3.48. The molecule has 1 aromatic carbocycles. The van der Waals surface area contributed by atoms with Crippen LogP contribution in [-0.4, -0.2) is 72.6 Å². The van der Waals surface area contributed by atoms with Gasteiger partial charge in [-0.2, -0.15) is 0 Å². The molecular weight excluding hydrogens is 420 g/mol. The predicted molar refractivity (Wildman–Crippen MR) is 111 cm³/mol. The number of amides is 1. The molecule has 11 nitrogen and oxygen atoms in total. The molecule has 1 aliphatic rings. The maximum Gasteiger partial charge on any atom is 0.243 e. The summed E-state index contributed by atoms with van der Waals surface area (Å²) in [5.41, 5.74) is 3.18. The average Bonchev–Trinajstić information content (AvgIpc) is 3.28. The van der Waals surface area contributed by atoms with Gasteiger partial charge < -0.3 is 24.8 Å². The van der Waals surface area contributed by atoms with Crippen molar-refractivity contribution in [1.29, 1.82) is 0 Å². The molecular formula is C21H30N4O7. The number of hydrogen-bond acceptors (Lipinski definition) is 9. The maximum atomic E-state index is 10.9. The number of aliphatic hydroxyl groups excluding tert-OH is 3. The number of nitrogens with zero attached hydrogens (tertiary/aromatic N) is 3. The molecule has 1 fully saturated rings. The Morgan fingerprint density at radius 3 is 2.66 bits per heavy atom. The Morgan fingerprint density at radius 2 is 1.94 bits per heavy atom. The number of carbonyl (C=O) groups is 1. The molecule has 1 aliphatic heterocycles. The monoisotopic (exact) mass is 450 g/mol. The van der Waals surface area contributed by atoms with Gasteiger partial charge in [0.25, 0.3) is 0 Å². The number of aliphatic hydroxyl groups is 3. The summed E-state index contributed by atoms with van der Waals surface area (Å²) in [5, 5.41) is 46.0. The van der Waals surface area contributed by atoms with Crippen LogP contribution in [0.1, 0.15) is 38.5 Å². The number of hydrogen-bond donors (Lipinski definition) is 5. The molecule has 5 N–H and O–H groups in total. The molecule has 32 heavy (non-hydrogen) atoms. The molecule has 0 aliphatic carbocycles. The van der Waals surface area contributed by atoms with Crippen molar-refractivity contribution in [3.8, 4) is 17.0 Å². The van der Waals surface area contributed by atoms with Crippen molar-refractivity contribution in [2.24, 2.45) is 0 Å². The Labute approximate surface area is 185 Å². The second kappa shape index (κ2) is 11.9. The van der Waals surface area contributed by atoms with Crippen LogP contribution >= 0.6 is 0 Å². The summed E-state index contributed by atoms with van der Waals surface area (Å²) in [6, 6.07) is 7.04. The van der Waals surface area contributed by atoms with E-state index in [0.29, 0.717) is 24.4 Å². The molecule has 1 saturated heterocycles. The Morgan fingerprint density at radius 1 is 1.19 bits per heavy atom. The minimum absolute atomic E-state index is 0.146. The lowest BCUT2D eigenvalue weighted by Crippen LogP contribution is -2.51. The molecule has 0 bridgehead atoms. The topological polar surface area (TPSA) is 159 Å². The van der Waals surface area contributed by atoms with E-state index in [1.807, 2.05) is 18.3 Å². The fraction of sp³-hybridized carbons (Fsp3) is 0.571. The summed E-state index contributed by atoms with van der Waals surface area (Å²) >= 11 is 0. The van der Waals surface area contributed by atoms with Gasteiger partial charge in [0.1, 0.15) is 17.5 Å². The molecule has 176 valence electrons. The Kier molecular flexibility index (Phi) is 8.94. The molecule has 2 heterocycles. The first-order valence-corrected chi connectivity index (χ1v) is 10.7. The van der Waals surface area contributed by atoms with Gasteiger partial charge in [-0.05, 0) is 37.1 Å². The van der Waals surface area contributed by atoms with Gasteiger partial charge in [0.2, 0.25) is 12.2 Å². The van der Waals surface area contributed by atoms with Crippen molar-refractivity contribution in [2.45, 2.75) is 69.7 Å². The van der Waals surface area contributed by atoms with Crippen molar-refractivity contribution < 1.29 is 34.8 Å². The van der Waals surface area contributed by atoms with Gasteiger partial charge in [0.15, 0.2) is 0 Å². The van der Waals surface area contributed by atoms with E-state index < -0.39 is 24.6 Å². The van der Waals surface area contributed by atoms with Crippen LogP contribution in [0.15, 0.2) is 30.5 Å². The first-order valence-electron chi connectivity index (χ1n) is 10.7. The van der Waals surface area contributed by atoms with Crippen LogP contribution in [0, 0.1) is 0 Å².